The number of quaternary nitrogens is 1. The van der Waals surface area contributed by atoms with Gasteiger partial charge in [-0.2, -0.15) is 4.68 Å². The standard InChI is InChI=1S/C19H20ClN5O2/c1-26-17-8-6-16(7-9-17)25-19(21-22-23-25)18(24-10-12-27-13-11-24)14-2-4-15(20)5-3-14/h2-9,18H,10-13H2,1H3/p+1/t18-/m0/s1. The van der Waals surface area contributed by atoms with E-state index in [4.69, 9.17) is 21.1 Å². The van der Waals surface area contributed by atoms with E-state index in [1.807, 2.05) is 48.5 Å². The van der Waals surface area contributed by atoms with Gasteiger partial charge in [-0.1, -0.05) is 23.7 Å². The highest BCUT2D eigenvalue weighted by atomic mass is 35.5. The Morgan fingerprint density at radius 1 is 1.07 bits per heavy atom. The van der Waals surface area contributed by atoms with Crippen LogP contribution in [0.25, 0.3) is 5.69 Å². The fourth-order valence-corrected chi connectivity index (χ4v) is 3.55. The molecule has 1 aliphatic rings. The van der Waals surface area contributed by atoms with Crippen LogP contribution in [-0.2, 0) is 4.74 Å². The summed E-state index contributed by atoms with van der Waals surface area (Å²) in [6, 6.07) is 15.6. The molecule has 4 rings (SSSR count). The third kappa shape index (κ3) is 3.80. The van der Waals surface area contributed by atoms with Crippen LogP contribution < -0.4 is 9.64 Å². The summed E-state index contributed by atoms with van der Waals surface area (Å²) in [5.74, 6) is 1.58. The molecule has 8 heteroatoms. The maximum atomic E-state index is 6.10. The number of aromatic nitrogens is 4. The van der Waals surface area contributed by atoms with Crippen LogP contribution in [0, 0.1) is 0 Å². The third-order valence-corrected chi connectivity index (χ3v) is 5.07. The first-order valence-electron chi connectivity index (χ1n) is 8.87. The zero-order valence-electron chi connectivity index (χ0n) is 15.0. The molecule has 0 amide bonds. The van der Waals surface area contributed by atoms with Crippen molar-refractivity contribution in [1.29, 1.82) is 0 Å². The van der Waals surface area contributed by atoms with Gasteiger partial charge >= 0.3 is 0 Å². The van der Waals surface area contributed by atoms with Crippen LogP contribution in [-0.4, -0.2) is 53.6 Å². The first kappa shape index (κ1) is 17.9. The van der Waals surface area contributed by atoms with Crippen molar-refractivity contribution in [3.8, 4) is 11.4 Å². The van der Waals surface area contributed by atoms with Gasteiger partial charge in [0, 0.05) is 10.6 Å². The largest absolute Gasteiger partial charge is 0.497 e. The summed E-state index contributed by atoms with van der Waals surface area (Å²) in [5.41, 5.74) is 2.02. The molecule has 1 fully saturated rings. The highest BCUT2D eigenvalue weighted by Gasteiger charge is 2.33. The van der Waals surface area contributed by atoms with E-state index in [9.17, 15) is 0 Å². The van der Waals surface area contributed by atoms with Gasteiger partial charge in [0.2, 0.25) is 5.82 Å². The van der Waals surface area contributed by atoms with Crippen LogP contribution in [0.2, 0.25) is 5.02 Å². The van der Waals surface area contributed by atoms with Crippen molar-refractivity contribution in [2.75, 3.05) is 33.4 Å². The Hall–Kier alpha value is -2.48. The van der Waals surface area contributed by atoms with E-state index >= 15 is 0 Å². The molecular formula is C19H21ClN5O2+. The van der Waals surface area contributed by atoms with Crippen molar-refractivity contribution in [3.05, 3.63) is 64.9 Å². The molecule has 1 saturated heterocycles. The molecule has 0 bridgehead atoms. The average Bonchev–Trinajstić information content (AvgIpc) is 3.20. The number of halogens is 1. The molecule has 1 N–H and O–H groups in total. The molecule has 1 atom stereocenters. The van der Waals surface area contributed by atoms with E-state index in [2.05, 4.69) is 15.5 Å². The molecule has 0 unspecified atom stereocenters. The predicted octanol–water partition coefficient (Wildman–Crippen LogP) is 1.33. The van der Waals surface area contributed by atoms with Crippen molar-refractivity contribution in [1.82, 2.24) is 20.2 Å². The van der Waals surface area contributed by atoms with Crippen LogP contribution in [0.1, 0.15) is 17.4 Å². The van der Waals surface area contributed by atoms with E-state index in [1.165, 1.54) is 4.90 Å². The van der Waals surface area contributed by atoms with Crippen LogP contribution in [0.5, 0.6) is 5.75 Å². The lowest BCUT2D eigenvalue weighted by Gasteiger charge is -2.31. The molecular weight excluding hydrogens is 366 g/mol. The molecule has 3 aromatic rings. The molecule has 7 nitrogen and oxygen atoms in total. The van der Waals surface area contributed by atoms with Gasteiger partial charge in [-0.3, -0.25) is 0 Å². The number of morpholine rings is 1. The summed E-state index contributed by atoms with van der Waals surface area (Å²) < 4.78 is 12.6. The number of tetrazole rings is 1. The molecule has 1 aromatic heterocycles. The second-order valence-corrected chi connectivity index (χ2v) is 6.84. The van der Waals surface area contributed by atoms with Gasteiger partial charge in [0.15, 0.2) is 6.04 Å². The summed E-state index contributed by atoms with van der Waals surface area (Å²) >= 11 is 6.10. The van der Waals surface area contributed by atoms with E-state index < -0.39 is 0 Å². The number of hydrogen-bond acceptors (Lipinski definition) is 5. The number of rotatable bonds is 5. The summed E-state index contributed by atoms with van der Waals surface area (Å²) in [5, 5.41) is 13.3. The van der Waals surface area contributed by atoms with Gasteiger partial charge in [-0.15, -0.1) is 5.10 Å². The first-order valence-corrected chi connectivity index (χ1v) is 9.24. The Bertz CT molecular complexity index is 876. The number of benzene rings is 2. The molecule has 1 aliphatic heterocycles. The van der Waals surface area contributed by atoms with E-state index in [-0.39, 0.29) is 6.04 Å². The Labute approximate surface area is 162 Å². The number of hydrogen-bond donors (Lipinski definition) is 1. The summed E-state index contributed by atoms with van der Waals surface area (Å²) in [6.07, 6.45) is 0. The molecule has 0 radical (unpaired) electrons. The molecule has 27 heavy (non-hydrogen) atoms. The molecule has 0 spiro atoms. The lowest BCUT2D eigenvalue weighted by Crippen LogP contribution is -3.14. The SMILES string of the molecule is COc1ccc(-n2nnnc2[C@H](c2ccc(Cl)cc2)[NH+]2CCOCC2)cc1. The first-order chi connectivity index (χ1) is 13.3. The maximum absolute atomic E-state index is 6.10. The van der Waals surface area contributed by atoms with Crippen molar-refractivity contribution >= 4 is 11.6 Å². The Morgan fingerprint density at radius 3 is 2.44 bits per heavy atom. The predicted molar refractivity (Wildman–Crippen MR) is 101 cm³/mol. The maximum Gasteiger partial charge on any atom is 0.218 e. The molecule has 2 aromatic carbocycles. The monoisotopic (exact) mass is 386 g/mol. The number of nitrogens with one attached hydrogen (secondary N) is 1. The minimum absolute atomic E-state index is 0.0109. The van der Waals surface area contributed by atoms with Crippen LogP contribution >= 0.6 is 11.6 Å². The molecule has 0 aliphatic carbocycles. The number of nitrogens with zero attached hydrogens (tertiary/aromatic N) is 4. The second kappa shape index (κ2) is 8.04. The van der Waals surface area contributed by atoms with Crippen molar-refractivity contribution < 1.29 is 14.4 Å². The fraction of sp³-hybridized carbons (Fsp3) is 0.316. The van der Waals surface area contributed by atoms with Crippen molar-refractivity contribution in [3.63, 3.8) is 0 Å². The minimum Gasteiger partial charge on any atom is -0.497 e. The normalized spacial score (nSPS) is 16.2. The molecule has 2 heterocycles. The zero-order valence-corrected chi connectivity index (χ0v) is 15.8. The quantitative estimate of drug-likeness (QED) is 0.716. The van der Waals surface area contributed by atoms with Crippen LogP contribution in [0.3, 0.4) is 0 Å². The van der Waals surface area contributed by atoms with Gasteiger partial charge in [0.05, 0.1) is 26.0 Å². The highest BCUT2D eigenvalue weighted by molar-refractivity contribution is 6.30. The van der Waals surface area contributed by atoms with E-state index in [0.717, 1.165) is 49.1 Å². The van der Waals surface area contributed by atoms with E-state index in [0.29, 0.717) is 5.02 Å². The van der Waals surface area contributed by atoms with Gasteiger partial charge < -0.3 is 14.4 Å². The smallest absolute Gasteiger partial charge is 0.218 e. The highest BCUT2D eigenvalue weighted by Crippen LogP contribution is 2.22. The summed E-state index contributed by atoms with van der Waals surface area (Å²) in [6.45, 7) is 3.23. The molecule has 0 saturated carbocycles. The Kier molecular flexibility index (Phi) is 5.33. The summed E-state index contributed by atoms with van der Waals surface area (Å²) in [4.78, 5) is 1.37. The average molecular weight is 387 g/mol. The van der Waals surface area contributed by atoms with Crippen molar-refractivity contribution in [2.45, 2.75) is 6.04 Å². The van der Waals surface area contributed by atoms with Gasteiger partial charge in [-0.05, 0) is 46.8 Å². The Morgan fingerprint density at radius 2 is 1.78 bits per heavy atom. The topological polar surface area (TPSA) is 66.5 Å². The summed E-state index contributed by atoms with van der Waals surface area (Å²) in [7, 11) is 1.65. The lowest BCUT2D eigenvalue weighted by atomic mass is 10.0. The third-order valence-electron chi connectivity index (χ3n) is 4.82. The second-order valence-electron chi connectivity index (χ2n) is 6.40. The number of methoxy groups -OCH3 is 1. The van der Waals surface area contributed by atoms with E-state index in [1.54, 1.807) is 11.8 Å². The Balaban J connectivity index is 1.76. The van der Waals surface area contributed by atoms with Crippen LogP contribution in [0.15, 0.2) is 48.5 Å². The fourth-order valence-electron chi connectivity index (χ4n) is 3.43. The van der Waals surface area contributed by atoms with Gasteiger partial charge in [-0.25, -0.2) is 0 Å². The van der Waals surface area contributed by atoms with Gasteiger partial charge in [0.1, 0.15) is 18.8 Å². The minimum atomic E-state index is -0.0109. The zero-order chi connectivity index (χ0) is 18.6. The molecule has 140 valence electrons. The van der Waals surface area contributed by atoms with Crippen LogP contribution in [0.4, 0.5) is 0 Å². The van der Waals surface area contributed by atoms with Crippen molar-refractivity contribution in [2.24, 2.45) is 0 Å². The number of ether oxygens (including phenoxy) is 2. The lowest BCUT2D eigenvalue weighted by molar-refractivity contribution is -0.933. The van der Waals surface area contributed by atoms with Gasteiger partial charge in [0.25, 0.3) is 0 Å².